The molecule has 0 saturated carbocycles. The van der Waals surface area contributed by atoms with Crippen LogP contribution in [0.3, 0.4) is 0 Å². The lowest BCUT2D eigenvalue weighted by Gasteiger charge is -2.26. The molecule has 0 fully saturated rings. The third-order valence-corrected chi connectivity index (χ3v) is 9.53. The van der Waals surface area contributed by atoms with Gasteiger partial charge in [0.05, 0.1) is 27.6 Å². The number of sulfonamides is 2. The number of nitrogens with one attached hydrogen (secondary N) is 2. The molecule has 0 aliphatic rings. The van der Waals surface area contributed by atoms with Gasteiger partial charge in [-0.3, -0.25) is 9.10 Å². The highest BCUT2D eigenvalue weighted by Gasteiger charge is 2.29. The number of hydrogen-bond donors (Lipinski definition) is 2. The van der Waals surface area contributed by atoms with E-state index in [4.69, 9.17) is 0 Å². The monoisotopic (exact) mass is 613 g/mol. The van der Waals surface area contributed by atoms with Crippen molar-refractivity contribution in [3.8, 4) is 0 Å². The molecule has 12 heteroatoms. The van der Waals surface area contributed by atoms with Crippen LogP contribution in [0.15, 0.2) is 131 Å². The minimum Gasteiger partial charge on any atom is -0.322 e. The molecule has 0 spiro atoms. The molecule has 1 amide bonds. The predicted octanol–water partition coefficient (Wildman–Crippen LogP) is 5.23. The van der Waals surface area contributed by atoms with Crippen molar-refractivity contribution < 1.29 is 21.6 Å². The predicted molar refractivity (Wildman–Crippen MR) is 165 cm³/mol. The van der Waals surface area contributed by atoms with Crippen LogP contribution in [0.1, 0.15) is 21.5 Å². The number of nitrogens with zero attached hydrogens (tertiary/aromatic N) is 3. The van der Waals surface area contributed by atoms with Crippen LogP contribution < -0.4 is 14.3 Å². The van der Waals surface area contributed by atoms with E-state index < -0.39 is 26.0 Å². The highest BCUT2D eigenvalue weighted by atomic mass is 32.2. The molecule has 0 saturated heterocycles. The maximum atomic E-state index is 14.0. The van der Waals surface area contributed by atoms with Crippen LogP contribution in [-0.2, 0) is 26.6 Å². The highest BCUT2D eigenvalue weighted by molar-refractivity contribution is 7.93. The van der Waals surface area contributed by atoms with Gasteiger partial charge in [0.2, 0.25) is 5.95 Å². The highest BCUT2D eigenvalue weighted by Crippen LogP contribution is 2.30. The lowest BCUT2D eigenvalue weighted by Crippen LogP contribution is -2.32. The molecule has 4 aromatic carbocycles. The van der Waals surface area contributed by atoms with Crippen molar-refractivity contribution in [3.05, 3.63) is 138 Å². The van der Waals surface area contributed by atoms with Crippen molar-refractivity contribution in [1.29, 1.82) is 0 Å². The molecule has 0 unspecified atom stereocenters. The lowest BCUT2D eigenvalue weighted by molar-refractivity contribution is 0.102. The summed E-state index contributed by atoms with van der Waals surface area (Å²) in [5.74, 6) is -0.642. The number of carbonyl (C=O) groups is 1. The second-order valence-corrected chi connectivity index (χ2v) is 13.0. The Balaban J connectivity index is 1.44. The van der Waals surface area contributed by atoms with Gasteiger partial charge in [-0.1, -0.05) is 60.2 Å². The molecule has 218 valence electrons. The maximum Gasteiger partial charge on any atom is 0.264 e. The third kappa shape index (κ3) is 6.88. The quantitative estimate of drug-likeness (QED) is 0.220. The fourth-order valence-electron chi connectivity index (χ4n) is 4.22. The topological polar surface area (TPSA) is 138 Å². The molecule has 43 heavy (non-hydrogen) atoms. The zero-order valence-corrected chi connectivity index (χ0v) is 24.6. The summed E-state index contributed by atoms with van der Waals surface area (Å²) >= 11 is 0. The molecule has 0 atom stereocenters. The molecule has 2 N–H and O–H groups in total. The minimum atomic E-state index is -4.08. The Morgan fingerprint density at radius 1 is 0.721 bits per heavy atom. The average Bonchev–Trinajstić information content (AvgIpc) is 3.01. The fourth-order valence-corrected chi connectivity index (χ4v) is 6.65. The molecule has 5 rings (SSSR count). The van der Waals surface area contributed by atoms with Gasteiger partial charge in [-0.25, -0.2) is 31.5 Å². The average molecular weight is 614 g/mol. The van der Waals surface area contributed by atoms with Gasteiger partial charge in [0, 0.05) is 18.1 Å². The van der Waals surface area contributed by atoms with E-state index in [1.807, 2.05) is 37.3 Å². The number of hydrogen-bond acceptors (Lipinski definition) is 7. The van der Waals surface area contributed by atoms with Gasteiger partial charge in [-0.2, -0.15) is 0 Å². The summed E-state index contributed by atoms with van der Waals surface area (Å²) in [5.41, 5.74) is 2.27. The van der Waals surface area contributed by atoms with E-state index in [1.54, 1.807) is 48.5 Å². The van der Waals surface area contributed by atoms with Crippen molar-refractivity contribution in [2.45, 2.75) is 23.3 Å². The first-order chi connectivity index (χ1) is 20.6. The number of benzene rings is 4. The van der Waals surface area contributed by atoms with E-state index in [1.165, 1.54) is 47.0 Å². The summed E-state index contributed by atoms with van der Waals surface area (Å²) in [7, 11) is -8.04. The van der Waals surface area contributed by atoms with Gasteiger partial charge in [0.25, 0.3) is 26.0 Å². The van der Waals surface area contributed by atoms with E-state index in [-0.39, 0.29) is 33.5 Å². The van der Waals surface area contributed by atoms with Crippen LogP contribution >= 0.6 is 0 Å². The number of anilines is 3. The van der Waals surface area contributed by atoms with Crippen molar-refractivity contribution in [2.24, 2.45) is 0 Å². The Labute approximate surface area is 250 Å². The first kappa shape index (κ1) is 29.4. The Morgan fingerprint density at radius 2 is 1.33 bits per heavy atom. The molecular weight excluding hydrogens is 587 g/mol. The van der Waals surface area contributed by atoms with Gasteiger partial charge in [-0.05, 0) is 67.1 Å². The standard InChI is InChI=1S/C31H27N5O5S2/c1-23-12-16-27(17-13-23)43(40,41)36(22-24-8-3-2-4-9-24)29-11-6-5-10-28(29)30(37)34-25-14-18-26(19-15-25)42(38,39)35-31-32-20-7-21-33-31/h2-21H,22H2,1H3,(H,34,37)(H,32,33,35). The Bertz CT molecular complexity index is 1940. The van der Waals surface area contributed by atoms with Crippen LogP contribution in [0.25, 0.3) is 0 Å². The molecular formula is C31H27N5O5S2. The van der Waals surface area contributed by atoms with Crippen molar-refractivity contribution in [3.63, 3.8) is 0 Å². The van der Waals surface area contributed by atoms with E-state index in [2.05, 4.69) is 20.0 Å². The summed E-state index contributed by atoms with van der Waals surface area (Å²) in [4.78, 5) is 21.3. The van der Waals surface area contributed by atoms with Crippen molar-refractivity contribution in [1.82, 2.24) is 9.97 Å². The third-order valence-electron chi connectivity index (χ3n) is 6.41. The summed E-state index contributed by atoms with van der Waals surface area (Å²) in [6.45, 7) is 1.86. The molecule has 5 aromatic rings. The SMILES string of the molecule is Cc1ccc(S(=O)(=O)N(Cc2ccccc2)c2ccccc2C(=O)Nc2ccc(S(=O)(=O)Nc3ncccn3)cc2)cc1. The Kier molecular flexibility index (Phi) is 8.51. The van der Waals surface area contributed by atoms with E-state index in [9.17, 15) is 21.6 Å². The summed E-state index contributed by atoms with van der Waals surface area (Å²) < 4.78 is 56.9. The molecule has 0 bridgehead atoms. The number of para-hydroxylation sites is 1. The van der Waals surface area contributed by atoms with Crippen LogP contribution in [0.4, 0.5) is 17.3 Å². The molecule has 10 nitrogen and oxygen atoms in total. The molecule has 1 heterocycles. The molecule has 0 aliphatic carbocycles. The van der Waals surface area contributed by atoms with Gasteiger partial charge in [0.15, 0.2) is 0 Å². The summed E-state index contributed by atoms with van der Waals surface area (Å²) in [6, 6.07) is 29.1. The van der Waals surface area contributed by atoms with Crippen LogP contribution in [0.2, 0.25) is 0 Å². The van der Waals surface area contributed by atoms with Gasteiger partial charge in [0.1, 0.15) is 0 Å². The van der Waals surface area contributed by atoms with Gasteiger partial charge >= 0.3 is 0 Å². The molecule has 0 aliphatic heterocycles. The van der Waals surface area contributed by atoms with Crippen molar-refractivity contribution in [2.75, 3.05) is 14.3 Å². The summed E-state index contributed by atoms with van der Waals surface area (Å²) in [6.07, 6.45) is 2.82. The zero-order valence-electron chi connectivity index (χ0n) is 23.0. The number of carbonyl (C=O) groups excluding carboxylic acids is 1. The van der Waals surface area contributed by atoms with Crippen LogP contribution in [0, 0.1) is 6.92 Å². The van der Waals surface area contributed by atoms with E-state index in [0.717, 1.165) is 11.1 Å². The first-order valence-corrected chi connectivity index (χ1v) is 16.0. The second-order valence-electron chi connectivity index (χ2n) is 9.48. The van der Waals surface area contributed by atoms with Crippen LogP contribution in [-0.4, -0.2) is 32.7 Å². The number of aromatic nitrogens is 2. The first-order valence-electron chi connectivity index (χ1n) is 13.1. The lowest BCUT2D eigenvalue weighted by atomic mass is 10.1. The van der Waals surface area contributed by atoms with E-state index >= 15 is 0 Å². The van der Waals surface area contributed by atoms with Gasteiger partial charge in [-0.15, -0.1) is 0 Å². The molecule has 0 radical (unpaired) electrons. The largest absolute Gasteiger partial charge is 0.322 e. The second kappa shape index (κ2) is 12.4. The maximum absolute atomic E-state index is 14.0. The fraction of sp³-hybridized carbons (Fsp3) is 0.0645. The minimum absolute atomic E-state index is 0.00791. The normalized spacial score (nSPS) is 11.5. The summed E-state index contributed by atoms with van der Waals surface area (Å²) in [5, 5.41) is 2.74. The smallest absolute Gasteiger partial charge is 0.264 e. The molecule has 1 aromatic heterocycles. The van der Waals surface area contributed by atoms with Gasteiger partial charge < -0.3 is 5.32 Å². The number of aryl methyl sites for hydroxylation is 1. The number of amides is 1. The number of rotatable bonds is 10. The Morgan fingerprint density at radius 3 is 2.00 bits per heavy atom. The van der Waals surface area contributed by atoms with Crippen molar-refractivity contribution >= 4 is 43.3 Å². The zero-order chi connectivity index (χ0) is 30.5. The van der Waals surface area contributed by atoms with Crippen LogP contribution in [0.5, 0.6) is 0 Å². The Hall–Kier alpha value is -5.07. The van der Waals surface area contributed by atoms with E-state index in [0.29, 0.717) is 5.69 Å².